The van der Waals surface area contributed by atoms with Crippen LogP contribution in [0.3, 0.4) is 0 Å². The fourth-order valence-corrected chi connectivity index (χ4v) is 3.55. The summed E-state index contributed by atoms with van der Waals surface area (Å²) in [6.45, 7) is -0.203. The van der Waals surface area contributed by atoms with Crippen LogP contribution in [0.2, 0.25) is 5.02 Å². The van der Waals surface area contributed by atoms with Gasteiger partial charge in [-0.1, -0.05) is 11.6 Å². The molecule has 2 unspecified atom stereocenters. The Bertz CT molecular complexity index is 715. The highest BCUT2D eigenvalue weighted by Gasteiger charge is 2.45. The van der Waals surface area contributed by atoms with Crippen molar-refractivity contribution in [3.05, 3.63) is 28.8 Å². The summed E-state index contributed by atoms with van der Waals surface area (Å²) in [6.07, 6.45) is -0.273. The van der Waals surface area contributed by atoms with Crippen LogP contribution in [0.25, 0.3) is 0 Å². The Morgan fingerprint density at radius 1 is 1.38 bits per heavy atom. The number of rotatable bonds is 3. The molecule has 1 saturated heterocycles. The molecule has 3 rings (SSSR count). The summed E-state index contributed by atoms with van der Waals surface area (Å²) in [7, 11) is 3.34. The summed E-state index contributed by atoms with van der Waals surface area (Å²) in [5, 5.41) is 3.11. The van der Waals surface area contributed by atoms with E-state index >= 15 is 0 Å². The van der Waals surface area contributed by atoms with Gasteiger partial charge in [0.2, 0.25) is 11.8 Å². The molecular formula is C17H21Cl2F2N3O2. The number of benzene rings is 1. The second-order valence-electron chi connectivity index (χ2n) is 6.83. The van der Waals surface area contributed by atoms with Crippen LogP contribution in [0.4, 0.5) is 14.5 Å². The third-order valence-electron chi connectivity index (χ3n) is 4.72. The summed E-state index contributed by atoms with van der Waals surface area (Å²) >= 11 is 6.07. The summed E-state index contributed by atoms with van der Waals surface area (Å²) in [5.74, 6) is -3.52. The molecule has 2 aliphatic rings. The first-order chi connectivity index (χ1) is 11.7. The lowest BCUT2D eigenvalue weighted by atomic mass is 9.97. The first-order valence-electron chi connectivity index (χ1n) is 8.10. The minimum atomic E-state index is -2.87. The molecule has 2 heterocycles. The van der Waals surface area contributed by atoms with E-state index in [2.05, 4.69) is 5.32 Å². The van der Waals surface area contributed by atoms with E-state index in [1.807, 2.05) is 0 Å². The van der Waals surface area contributed by atoms with Gasteiger partial charge in [-0.2, -0.15) is 0 Å². The number of alkyl halides is 2. The fourth-order valence-electron chi connectivity index (χ4n) is 3.37. The second-order valence-corrected chi connectivity index (χ2v) is 7.27. The number of carbonyl (C=O) groups excluding carboxylic acids is 2. The highest BCUT2D eigenvalue weighted by Crippen LogP contribution is 2.41. The molecule has 1 fully saturated rings. The molecule has 26 heavy (non-hydrogen) atoms. The minimum Gasteiger partial charge on any atom is -0.349 e. The number of nitrogens with zero attached hydrogens (tertiary/aromatic N) is 2. The van der Waals surface area contributed by atoms with Gasteiger partial charge in [-0.05, 0) is 23.8 Å². The van der Waals surface area contributed by atoms with Crippen molar-refractivity contribution in [2.45, 2.75) is 30.7 Å². The molecule has 2 amide bonds. The molecule has 144 valence electrons. The lowest BCUT2D eigenvalue weighted by Crippen LogP contribution is -2.43. The third-order valence-corrected chi connectivity index (χ3v) is 4.95. The Balaban J connectivity index is 0.00000243. The van der Waals surface area contributed by atoms with Gasteiger partial charge < -0.3 is 9.80 Å². The summed E-state index contributed by atoms with van der Waals surface area (Å²) in [5.41, 5.74) is 1.45. The molecule has 0 radical (unpaired) electrons. The number of halogens is 4. The van der Waals surface area contributed by atoms with Crippen molar-refractivity contribution >= 4 is 41.5 Å². The number of hydrogen-bond donors (Lipinski definition) is 1. The zero-order chi connectivity index (χ0) is 18.4. The molecule has 2 aliphatic heterocycles. The van der Waals surface area contributed by atoms with E-state index < -0.39 is 24.9 Å². The number of carbonyl (C=O) groups is 2. The van der Waals surface area contributed by atoms with Gasteiger partial charge >= 0.3 is 0 Å². The predicted octanol–water partition coefficient (Wildman–Crippen LogP) is 2.67. The van der Waals surface area contributed by atoms with Crippen molar-refractivity contribution < 1.29 is 18.4 Å². The number of fused-ring (bicyclic) bond motifs is 1. The van der Waals surface area contributed by atoms with E-state index in [0.29, 0.717) is 10.7 Å². The van der Waals surface area contributed by atoms with E-state index in [1.54, 1.807) is 32.3 Å². The third kappa shape index (κ3) is 4.10. The number of hydrogen-bond acceptors (Lipinski definition) is 3. The van der Waals surface area contributed by atoms with Crippen LogP contribution >= 0.6 is 24.0 Å². The van der Waals surface area contributed by atoms with Crippen LogP contribution in [-0.4, -0.2) is 55.9 Å². The SMILES string of the molecule is CN(C)C(=O)CC1CN(C(=O)C2CC(F)(F)CN2)c2ccc(Cl)cc21.Cl. The molecule has 2 atom stereocenters. The summed E-state index contributed by atoms with van der Waals surface area (Å²) < 4.78 is 26.9. The van der Waals surface area contributed by atoms with Gasteiger partial charge in [-0.15, -0.1) is 12.4 Å². The minimum absolute atomic E-state index is 0. The van der Waals surface area contributed by atoms with E-state index in [9.17, 15) is 18.4 Å². The Morgan fingerprint density at radius 3 is 2.65 bits per heavy atom. The molecule has 0 aliphatic carbocycles. The highest BCUT2D eigenvalue weighted by atomic mass is 35.5. The smallest absolute Gasteiger partial charge is 0.262 e. The number of nitrogens with one attached hydrogen (secondary N) is 1. The zero-order valence-electron chi connectivity index (χ0n) is 14.5. The molecular weight excluding hydrogens is 387 g/mol. The van der Waals surface area contributed by atoms with Gasteiger partial charge in [0, 0.05) is 50.1 Å². The lowest BCUT2D eigenvalue weighted by Gasteiger charge is -2.22. The second kappa shape index (κ2) is 7.66. The van der Waals surface area contributed by atoms with E-state index in [1.165, 1.54) is 9.80 Å². The average molecular weight is 408 g/mol. The van der Waals surface area contributed by atoms with Crippen molar-refractivity contribution in [2.24, 2.45) is 0 Å². The largest absolute Gasteiger partial charge is 0.349 e. The Hall–Kier alpha value is -1.44. The molecule has 0 aromatic heterocycles. The highest BCUT2D eigenvalue weighted by molar-refractivity contribution is 6.30. The van der Waals surface area contributed by atoms with Gasteiger partial charge in [0.1, 0.15) is 0 Å². The van der Waals surface area contributed by atoms with Gasteiger partial charge in [-0.25, -0.2) is 8.78 Å². The average Bonchev–Trinajstić information content (AvgIpc) is 3.07. The number of amides is 2. The molecule has 1 N–H and O–H groups in total. The zero-order valence-corrected chi connectivity index (χ0v) is 16.0. The molecule has 0 bridgehead atoms. The van der Waals surface area contributed by atoms with Crippen LogP contribution in [0.5, 0.6) is 0 Å². The van der Waals surface area contributed by atoms with Crippen LogP contribution in [0.1, 0.15) is 24.3 Å². The van der Waals surface area contributed by atoms with Crippen molar-refractivity contribution in [1.29, 1.82) is 0 Å². The molecule has 0 spiro atoms. The fraction of sp³-hybridized carbons (Fsp3) is 0.529. The predicted molar refractivity (Wildman–Crippen MR) is 98.5 cm³/mol. The van der Waals surface area contributed by atoms with E-state index in [-0.39, 0.29) is 43.1 Å². The quantitative estimate of drug-likeness (QED) is 0.837. The van der Waals surface area contributed by atoms with Crippen LogP contribution < -0.4 is 10.2 Å². The van der Waals surface area contributed by atoms with Gasteiger partial charge in [0.05, 0.1) is 12.6 Å². The Morgan fingerprint density at radius 2 is 2.08 bits per heavy atom. The van der Waals surface area contributed by atoms with Gasteiger partial charge in [-0.3, -0.25) is 14.9 Å². The summed E-state index contributed by atoms with van der Waals surface area (Å²) in [6, 6.07) is 4.20. The first kappa shape index (κ1) is 20.9. The van der Waals surface area contributed by atoms with Crippen LogP contribution in [0.15, 0.2) is 18.2 Å². The van der Waals surface area contributed by atoms with Crippen LogP contribution in [-0.2, 0) is 9.59 Å². The molecule has 5 nitrogen and oxygen atoms in total. The van der Waals surface area contributed by atoms with Crippen molar-refractivity contribution in [2.75, 3.05) is 32.1 Å². The normalized spacial score (nSPS) is 23.3. The molecule has 1 aromatic carbocycles. The molecule has 9 heteroatoms. The van der Waals surface area contributed by atoms with Crippen LogP contribution in [0, 0.1) is 0 Å². The maximum absolute atomic E-state index is 13.4. The maximum Gasteiger partial charge on any atom is 0.262 e. The van der Waals surface area contributed by atoms with Gasteiger partial charge in [0.25, 0.3) is 5.92 Å². The number of anilines is 1. The summed E-state index contributed by atoms with van der Waals surface area (Å²) in [4.78, 5) is 27.8. The first-order valence-corrected chi connectivity index (χ1v) is 8.48. The topological polar surface area (TPSA) is 52.7 Å². The molecule has 1 aromatic rings. The van der Waals surface area contributed by atoms with Crippen molar-refractivity contribution in [3.63, 3.8) is 0 Å². The Kier molecular flexibility index (Phi) is 6.15. The van der Waals surface area contributed by atoms with Crippen molar-refractivity contribution in [1.82, 2.24) is 10.2 Å². The van der Waals surface area contributed by atoms with Crippen molar-refractivity contribution in [3.8, 4) is 0 Å². The van der Waals surface area contributed by atoms with E-state index in [0.717, 1.165) is 5.56 Å². The standard InChI is InChI=1S/C17H20ClF2N3O2.ClH/c1-22(2)15(24)5-10-8-23(14-4-3-11(18)6-12(10)14)16(25)13-7-17(19,20)9-21-13;/h3-4,6,10,13,21H,5,7-9H2,1-2H3;1H. The monoisotopic (exact) mass is 407 g/mol. The van der Waals surface area contributed by atoms with E-state index in [4.69, 9.17) is 11.6 Å². The maximum atomic E-state index is 13.4. The molecule has 0 saturated carbocycles. The Labute approximate surface area is 162 Å². The lowest BCUT2D eigenvalue weighted by molar-refractivity contribution is -0.129. The van der Waals surface area contributed by atoms with Gasteiger partial charge in [0.15, 0.2) is 0 Å².